The van der Waals surface area contributed by atoms with Crippen molar-refractivity contribution in [1.29, 1.82) is 0 Å². The summed E-state index contributed by atoms with van der Waals surface area (Å²) in [5.74, 6) is -0.869. The summed E-state index contributed by atoms with van der Waals surface area (Å²) in [5, 5.41) is 9.73. The second-order valence-electron chi connectivity index (χ2n) is 1.71. The van der Waals surface area contributed by atoms with Crippen LogP contribution in [0, 0.1) is 0 Å². The first kappa shape index (κ1) is 8.56. The zero-order valence-corrected chi connectivity index (χ0v) is 6.19. The molecule has 3 heteroatoms. The largest absolute Gasteiger partial charge is 0.478 e. The molecule has 0 unspecified atom stereocenters. The highest BCUT2D eigenvalue weighted by Gasteiger charge is 2.02. The van der Waals surface area contributed by atoms with Crippen LogP contribution in [-0.2, 0) is 4.79 Å². The number of carbonyl (C=O) groups is 1. The van der Waals surface area contributed by atoms with Gasteiger partial charge in [0.1, 0.15) is 0 Å². The second-order valence-corrected chi connectivity index (χ2v) is 1.97. The molecule has 0 aliphatic rings. The lowest BCUT2D eigenvalue weighted by Crippen LogP contribution is -1.98. The molecule has 0 atom stereocenters. The van der Waals surface area contributed by atoms with Gasteiger partial charge in [0.05, 0.1) is 0 Å². The van der Waals surface area contributed by atoms with Crippen molar-refractivity contribution in [2.24, 2.45) is 0 Å². The SMILES string of the molecule is CCCC(=CS)C(=O)O. The Morgan fingerprint density at radius 1 is 1.78 bits per heavy atom. The molecular weight excluding hydrogens is 136 g/mol. The zero-order chi connectivity index (χ0) is 7.28. The number of hydrogen-bond donors (Lipinski definition) is 2. The van der Waals surface area contributed by atoms with Crippen LogP contribution in [0.25, 0.3) is 0 Å². The van der Waals surface area contributed by atoms with Gasteiger partial charge in [-0.05, 0) is 11.8 Å². The normalized spacial score (nSPS) is 11.6. The molecular formula is C6H10O2S. The molecule has 0 saturated carbocycles. The van der Waals surface area contributed by atoms with Crippen molar-refractivity contribution in [2.45, 2.75) is 19.8 Å². The second kappa shape index (κ2) is 4.44. The fourth-order valence-electron chi connectivity index (χ4n) is 0.496. The first-order valence-corrected chi connectivity index (χ1v) is 3.30. The third-order valence-electron chi connectivity index (χ3n) is 0.950. The smallest absolute Gasteiger partial charge is 0.332 e. The predicted molar refractivity (Wildman–Crippen MR) is 39.6 cm³/mol. The van der Waals surface area contributed by atoms with E-state index in [-0.39, 0.29) is 0 Å². The Morgan fingerprint density at radius 3 is 2.44 bits per heavy atom. The van der Waals surface area contributed by atoms with Crippen LogP contribution in [0.2, 0.25) is 0 Å². The molecule has 0 aromatic carbocycles. The Labute approximate surface area is 60.0 Å². The van der Waals surface area contributed by atoms with Crippen molar-refractivity contribution in [2.75, 3.05) is 0 Å². The van der Waals surface area contributed by atoms with Gasteiger partial charge in [0.25, 0.3) is 0 Å². The number of thiol groups is 1. The van der Waals surface area contributed by atoms with E-state index in [4.69, 9.17) is 5.11 Å². The molecule has 0 aliphatic carbocycles. The third-order valence-corrected chi connectivity index (χ3v) is 1.26. The summed E-state index contributed by atoms with van der Waals surface area (Å²) in [6, 6.07) is 0. The van der Waals surface area contributed by atoms with E-state index < -0.39 is 5.97 Å². The van der Waals surface area contributed by atoms with E-state index in [1.165, 1.54) is 5.41 Å². The van der Waals surface area contributed by atoms with E-state index in [9.17, 15) is 4.79 Å². The molecule has 0 heterocycles. The molecule has 0 aliphatic heterocycles. The molecule has 9 heavy (non-hydrogen) atoms. The lowest BCUT2D eigenvalue weighted by Gasteiger charge is -1.94. The van der Waals surface area contributed by atoms with Crippen LogP contribution in [0.3, 0.4) is 0 Å². The Morgan fingerprint density at radius 2 is 2.33 bits per heavy atom. The van der Waals surface area contributed by atoms with Crippen molar-refractivity contribution in [3.05, 3.63) is 11.0 Å². The average molecular weight is 146 g/mol. The van der Waals surface area contributed by atoms with Crippen molar-refractivity contribution < 1.29 is 9.90 Å². The van der Waals surface area contributed by atoms with Gasteiger partial charge >= 0.3 is 5.97 Å². The van der Waals surface area contributed by atoms with Crippen LogP contribution < -0.4 is 0 Å². The van der Waals surface area contributed by atoms with Crippen molar-refractivity contribution in [3.8, 4) is 0 Å². The fourth-order valence-corrected chi connectivity index (χ4v) is 0.736. The summed E-state index contributed by atoms with van der Waals surface area (Å²) in [4.78, 5) is 10.2. The van der Waals surface area contributed by atoms with Gasteiger partial charge in [0, 0.05) is 5.57 Å². The van der Waals surface area contributed by atoms with Crippen molar-refractivity contribution in [3.63, 3.8) is 0 Å². The van der Waals surface area contributed by atoms with E-state index in [1.807, 2.05) is 6.92 Å². The summed E-state index contributed by atoms with van der Waals surface area (Å²) < 4.78 is 0. The highest BCUT2D eigenvalue weighted by atomic mass is 32.1. The number of carboxylic acids is 1. The maximum absolute atomic E-state index is 10.2. The summed E-state index contributed by atoms with van der Waals surface area (Å²) in [5.41, 5.74) is 0.376. The Hall–Kier alpha value is -0.440. The molecule has 0 radical (unpaired) electrons. The lowest BCUT2D eigenvalue weighted by atomic mass is 10.2. The van der Waals surface area contributed by atoms with E-state index in [0.717, 1.165) is 6.42 Å². The first-order valence-electron chi connectivity index (χ1n) is 2.79. The monoisotopic (exact) mass is 146 g/mol. The number of hydrogen-bond acceptors (Lipinski definition) is 2. The molecule has 0 spiro atoms. The molecule has 0 aromatic heterocycles. The van der Waals surface area contributed by atoms with Gasteiger partial charge in [0.15, 0.2) is 0 Å². The molecule has 0 rings (SSSR count). The van der Waals surface area contributed by atoms with Gasteiger partial charge in [-0.2, -0.15) is 12.6 Å². The topological polar surface area (TPSA) is 37.3 Å². The minimum atomic E-state index is -0.869. The standard InChI is InChI=1S/C6H10O2S/c1-2-3-5(4-9)6(7)8/h4,9H,2-3H2,1H3,(H,7,8). The van der Waals surface area contributed by atoms with Gasteiger partial charge in [-0.3, -0.25) is 0 Å². The minimum absolute atomic E-state index is 0.376. The van der Waals surface area contributed by atoms with Crippen LogP contribution >= 0.6 is 12.6 Å². The summed E-state index contributed by atoms with van der Waals surface area (Å²) >= 11 is 3.75. The maximum Gasteiger partial charge on any atom is 0.332 e. The highest BCUT2D eigenvalue weighted by Crippen LogP contribution is 2.05. The molecule has 0 saturated heterocycles. The van der Waals surface area contributed by atoms with Gasteiger partial charge in [-0.1, -0.05) is 13.3 Å². The van der Waals surface area contributed by atoms with Crippen LogP contribution in [0.4, 0.5) is 0 Å². The van der Waals surface area contributed by atoms with Gasteiger partial charge < -0.3 is 5.11 Å². The van der Waals surface area contributed by atoms with E-state index in [1.54, 1.807) is 0 Å². The third kappa shape index (κ3) is 3.19. The Balaban J connectivity index is 3.85. The van der Waals surface area contributed by atoms with E-state index in [0.29, 0.717) is 12.0 Å². The van der Waals surface area contributed by atoms with E-state index in [2.05, 4.69) is 12.6 Å². The highest BCUT2D eigenvalue weighted by molar-refractivity contribution is 7.83. The molecule has 0 bridgehead atoms. The molecule has 0 aromatic rings. The number of rotatable bonds is 3. The first-order chi connectivity index (χ1) is 4.22. The summed E-state index contributed by atoms with van der Waals surface area (Å²) in [6.45, 7) is 1.93. The molecule has 1 N–H and O–H groups in total. The van der Waals surface area contributed by atoms with E-state index >= 15 is 0 Å². The molecule has 52 valence electrons. The van der Waals surface area contributed by atoms with Crippen LogP contribution in [0.5, 0.6) is 0 Å². The van der Waals surface area contributed by atoms with Crippen LogP contribution in [-0.4, -0.2) is 11.1 Å². The maximum atomic E-state index is 10.2. The van der Waals surface area contributed by atoms with Gasteiger partial charge in [-0.15, -0.1) is 0 Å². The van der Waals surface area contributed by atoms with Crippen LogP contribution in [0.15, 0.2) is 11.0 Å². The van der Waals surface area contributed by atoms with Crippen molar-refractivity contribution >= 4 is 18.6 Å². The van der Waals surface area contributed by atoms with Crippen LogP contribution in [0.1, 0.15) is 19.8 Å². The average Bonchev–Trinajstić information content (AvgIpc) is 1.82. The summed E-state index contributed by atoms with van der Waals surface area (Å²) in [6.07, 6.45) is 1.44. The molecule has 0 amide bonds. The quantitative estimate of drug-likeness (QED) is 0.469. The minimum Gasteiger partial charge on any atom is -0.478 e. The Kier molecular flexibility index (Phi) is 4.22. The number of aliphatic carboxylic acids is 1. The van der Waals surface area contributed by atoms with Gasteiger partial charge in [-0.25, -0.2) is 4.79 Å². The fraction of sp³-hybridized carbons (Fsp3) is 0.500. The Bertz CT molecular complexity index is 129. The predicted octanol–water partition coefficient (Wildman–Crippen LogP) is 1.68. The molecule has 2 nitrogen and oxygen atoms in total. The number of carboxylic acid groups (broad SMARTS) is 1. The lowest BCUT2D eigenvalue weighted by molar-refractivity contribution is -0.132. The zero-order valence-electron chi connectivity index (χ0n) is 5.29. The van der Waals surface area contributed by atoms with Gasteiger partial charge in [0.2, 0.25) is 0 Å². The summed E-state index contributed by atoms with van der Waals surface area (Å²) in [7, 11) is 0. The molecule has 0 fully saturated rings. The van der Waals surface area contributed by atoms with Crippen molar-refractivity contribution in [1.82, 2.24) is 0 Å².